The average molecular weight is 396 g/mol. The average Bonchev–Trinajstić information content (AvgIpc) is 2.63. The molecule has 2 aromatic rings. The van der Waals surface area contributed by atoms with Crippen LogP contribution in [-0.4, -0.2) is 49.0 Å². The van der Waals surface area contributed by atoms with Crippen molar-refractivity contribution in [1.82, 2.24) is 15.3 Å². The second kappa shape index (κ2) is 9.78. The highest BCUT2D eigenvalue weighted by molar-refractivity contribution is 6.32. The summed E-state index contributed by atoms with van der Waals surface area (Å²) in [5.41, 5.74) is 4.52. The molecule has 1 amide bonds. The van der Waals surface area contributed by atoms with Crippen molar-refractivity contribution in [2.45, 2.75) is 6.61 Å². The number of likely N-dealkylation sites (N-methyl/N-ethyl adjacent to an activating group) is 1. The molecule has 140 valence electrons. The Balaban J connectivity index is 0.00000243. The van der Waals surface area contributed by atoms with Crippen LogP contribution >= 0.6 is 24.0 Å². The number of carbonyl (C=O) groups is 1. The molecule has 1 aliphatic heterocycles. The Hall–Kier alpha value is -1.79. The highest BCUT2D eigenvalue weighted by atomic mass is 35.5. The molecule has 0 unspecified atom stereocenters. The van der Waals surface area contributed by atoms with E-state index in [4.69, 9.17) is 16.3 Å². The van der Waals surface area contributed by atoms with E-state index >= 15 is 0 Å². The summed E-state index contributed by atoms with van der Waals surface area (Å²) < 4.78 is 5.74. The largest absolute Gasteiger partial charge is 0.487 e. The van der Waals surface area contributed by atoms with E-state index < -0.39 is 0 Å². The zero-order valence-corrected chi connectivity index (χ0v) is 16.2. The van der Waals surface area contributed by atoms with E-state index in [9.17, 15) is 4.79 Å². The molecule has 0 atom stereocenters. The predicted octanol–water partition coefficient (Wildman–Crippen LogP) is 3.23. The SMILES string of the molecule is CN1CCN(NC(=O)c2cccc(COc3ccccc3Cl)c2)CC1.Cl. The number of hydrogen-bond acceptors (Lipinski definition) is 4. The second-order valence-electron chi connectivity index (χ2n) is 6.15. The Bertz CT molecular complexity index is 734. The van der Waals surface area contributed by atoms with Crippen molar-refractivity contribution in [2.24, 2.45) is 0 Å². The van der Waals surface area contributed by atoms with E-state index in [1.54, 1.807) is 6.07 Å². The number of rotatable bonds is 5. The van der Waals surface area contributed by atoms with E-state index in [0.717, 1.165) is 31.7 Å². The van der Waals surface area contributed by atoms with Gasteiger partial charge in [0.1, 0.15) is 12.4 Å². The van der Waals surface area contributed by atoms with Gasteiger partial charge in [0.2, 0.25) is 0 Å². The van der Waals surface area contributed by atoms with E-state index in [-0.39, 0.29) is 18.3 Å². The van der Waals surface area contributed by atoms with Crippen LogP contribution in [0.3, 0.4) is 0 Å². The number of nitrogens with zero attached hydrogens (tertiary/aromatic N) is 2. The predicted molar refractivity (Wildman–Crippen MR) is 106 cm³/mol. The molecular weight excluding hydrogens is 373 g/mol. The number of para-hydroxylation sites is 1. The van der Waals surface area contributed by atoms with Crippen LogP contribution in [0.25, 0.3) is 0 Å². The summed E-state index contributed by atoms with van der Waals surface area (Å²) in [6.07, 6.45) is 0. The normalized spacial score (nSPS) is 15.2. The first-order valence-corrected chi connectivity index (χ1v) is 8.70. The number of piperazine rings is 1. The zero-order chi connectivity index (χ0) is 17.6. The molecule has 1 aliphatic rings. The van der Waals surface area contributed by atoms with Gasteiger partial charge in [-0.25, -0.2) is 5.01 Å². The highest BCUT2D eigenvalue weighted by Crippen LogP contribution is 2.24. The van der Waals surface area contributed by atoms with Gasteiger partial charge in [0.15, 0.2) is 0 Å². The maximum Gasteiger partial charge on any atom is 0.265 e. The Kier molecular flexibility index (Phi) is 7.72. The van der Waals surface area contributed by atoms with Gasteiger partial charge in [0, 0.05) is 31.7 Å². The summed E-state index contributed by atoms with van der Waals surface area (Å²) in [5, 5.41) is 2.54. The highest BCUT2D eigenvalue weighted by Gasteiger charge is 2.16. The fraction of sp³-hybridized carbons (Fsp3) is 0.316. The number of carbonyl (C=O) groups excluding carboxylic acids is 1. The molecule has 5 nitrogen and oxygen atoms in total. The standard InChI is InChI=1S/C19H22ClN3O2.ClH/c1-22-9-11-23(12-10-22)21-19(24)16-6-4-5-15(13-16)14-25-18-8-3-2-7-17(18)20;/h2-8,13H,9-12,14H2,1H3,(H,21,24);1H. The minimum absolute atomic E-state index is 0. The minimum atomic E-state index is -0.0934. The maximum absolute atomic E-state index is 12.4. The van der Waals surface area contributed by atoms with Gasteiger partial charge in [0.25, 0.3) is 5.91 Å². The molecule has 0 bridgehead atoms. The van der Waals surface area contributed by atoms with Gasteiger partial charge in [-0.2, -0.15) is 0 Å². The van der Waals surface area contributed by atoms with Crippen molar-refractivity contribution in [3.05, 3.63) is 64.7 Å². The summed E-state index contributed by atoms with van der Waals surface area (Å²) in [6.45, 7) is 3.92. The lowest BCUT2D eigenvalue weighted by atomic mass is 10.1. The van der Waals surface area contributed by atoms with E-state index in [2.05, 4.69) is 17.4 Å². The van der Waals surface area contributed by atoms with Crippen molar-refractivity contribution < 1.29 is 9.53 Å². The number of halogens is 2. The number of hydrazine groups is 1. The lowest BCUT2D eigenvalue weighted by Crippen LogP contribution is -2.52. The summed E-state index contributed by atoms with van der Waals surface area (Å²) in [4.78, 5) is 14.7. The molecule has 1 heterocycles. The van der Waals surface area contributed by atoms with Crippen molar-refractivity contribution in [2.75, 3.05) is 33.2 Å². The van der Waals surface area contributed by atoms with Crippen LogP contribution in [0.4, 0.5) is 0 Å². The third-order valence-electron chi connectivity index (χ3n) is 4.18. The second-order valence-corrected chi connectivity index (χ2v) is 6.56. The third kappa shape index (κ3) is 5.61. The van der Waals surface area contributed by atoms with Gasteiger partial charge in [-0.1, -0.05) is 35.9 Å². The monoisotopic (exact) mass is 395 g/mol. The summed E-state index contributed by atoms with van der Waals surface area (Å²) in [6, 6.07) is 14.8. The van der Waals surface area contributed by atoms with Crippen LogP contribution in [0.2, 0.25) is 5.02 Å². The van der Waals surface area contributed by atoms with Crippen LogP contribution in [0.5, 0.6) is 5.75 Å². The maximum atomic E-state index is 12.4. The minimum Gasteiger partial charge on any atom is -0.487 e. The molecular formula is C19H23Cl2N3O2. The van der Waals surface area contributed by atoms with Crippen molar-refractivity contribution in [3.63, 3.8) is 0 Å². The van der Waals surface area contributed by atoms with E-state index in [1.807, 2.05) is 47.5 Å². The summed E-state index contributed by atoms with van der Waals surface area (Å²) in [5.74, 6) is 0.542. The lowest BCUT2D eigenvalue weighted by molar-refractivity contribution is 0.0662. The molecule has 0 spiro atoms. The van der Waals surface area contributed by atoms with Crippen molar-refractivity contribution >= 4 is 29.9 Å². The molecule has 0 aromatic heterocycles. The van der Waals surface area contributed by atoms with E-state index in [1.165, 1.54) is 0 Å². The quantitative estimate of drug-likeness (QED) is 0.843. The van der Waals surface area contributed by atoms with E-state index in [0.29, 0.717) is 22.9 Å². The van der Waals surface area contributed by atoms with Gasteiger partial charge in [-0.05, 0) is 36.9 Å². The first-order valence-electron chi connectivity index (χ1n) is 8.32. The Labute approximate surface area is 165 Å². The van der Waals surface area contributed by atoms with Crippen molar-refractivity contribution in [1.29, 1.82) is 0 Å². The number of ether oxygens (including phenoxy) is 1. The Morgan fingerprint density at radius 3 is 2.58 bits per heavy atom. The number of benzene rings is 2. The zero-order valence-electron chi connectivity index (χ0n) is 14.7. The topological polar surface area (TPSA) is 44.8 Å². The summed E-state index contributed by atoms with van der Waals surface area (Å²) >= 11 is 6.09. The molecule has 26 heavy (non-hydrogen) atoms. The fourth-order valence-electron chi connectivity index (χ4n) is 2.65. The Morgan fingerprint density at radius 2 is 1.85 bits per heavy atom. The van der Waals surface area contributed by atoms with Gasteiger partial charge in [0.05, 0.1) is 5.02 Å². The molecule has 1 fully saturated rings. The van der Waals surface area contributed by atoms with Crippen LogP contribution in [0.1, 0.15) is 15.9 Å². The van der Waals surface area contributed by atoms with Crippen LogP contribution < -0.4 is 10.2 Å². The van der Waals surface area contributed by atoms with Crippen LogP contribution in [-0.2, 0) is 6.61 Å². The van der Waals surface area contributed by atoms with Gasteiger partial charge >= 0.3 is 0 Å². The molecule has 0 radical (unpaired) electrons. The van der Waals surface area contributed by atoms with Gasteiger partial charge < -0.3 is 9.64 Å². The lowest BCUT2D eigenvalue weighted by Gasteiger charge is -2.32. The molecule has 3 rings (SSSR count). The molecule has 0 aliphatic carbocycles. The van der Waals surface area contributed by atoms with Gasteiger partial charge in [-0.15, -0.1) is 12.4 Å². The van der Waals surface area contributed by atoms with Crippen LogP contribution in [0.15, 0.2) is 48.5 Å². The fourth-order valence-corrected chi connectivity index (χ4v) is 2.84. The number of amides is 1. The third-order valence-corrected chi connectivity index (χ3v) is 4.50. The van der Waals surface area contributed by atoms with Crippen molar-refractivity contribution in [3.8, 4) is 5.75 Å². The smallest absolute Gasteiger partial charge is 0.265 e. The van der Waals surface area contributed by atoms with Crippen LogP contribution in [0, 0.1) is 0 Å². The molecule has 7 heteroatoms. The van der Waals surface area contributed by atoms with Gasteiger partial charge in [-0.3, -0.25) is 10.2 Å². The summed E-state index contributed by atoms with van der Waals surface area (Å²) in [7, 11) is 2.08. The molecule has 2 aromatic carbocycles. The molecule has 1 saturated heterocycles. The molecule has 1 N–H and O–H groups in total. The Morgan fingerprint density at radius 1 is 1.12 bits per heavy atom. The first-order chi connectivity index (χ1) is 12.1. The number of hydrogen-bond donors (Lipinski definition) is 1. The first kappa shape index (κ1) is 20.5. The molecule has 0 saturated carbocycles. The number of nitrogens with one attached hydrogen (secondary N) is 1.